The Balaban J connectivity index is 1.79. The molecule has 1 aliphatic heterocycles. The summed E-state index contributed by atoms with van der Waals surface area (Å²) in [6.07, 6.45) is 4.94. The van der Waals surface area contributed by atoms with Crippen molar-refractivity contribution >= 4 is 39.9 Å². The maximum Gasteiger partial charge on any atom is 0.350 e. The average molecular weight is 593 g/mol. The number of anilines is 1. The molecule has 222 valence electrons. The topological polar surface area (TPSA) is 115 Å². The molecule has 0 aliphatic carbocycles. The van der Waals surface area contributed by atoms with Crippen LogP contribution in [0.1, 0.15) is 78.5 Å². The number of benzene rings is 2. The molecule has 3 aromatic rings. The standard InChI is InChI=1S/C32H36N2O7S/c1-5-7-9-18-40-23-15-13-21(14-16-23)26-25(27(35)22-11-10-12-24(19-22)41-17-8-6-2)28(36)30(37)34(26)32-33-20(3)29(42-32)31(38)39-4/h10-16,19,26,35H,5-9,17-18H2,1-4H3/b27-25+. The Morgan fingerprint density at radius 3 is 2.36 bits per heavy atom. The Hall–Kier alpha value is -4.18. The zero-order valence-corrected chi connectivity index (χ0v) is 25.2. The minimum Gasteiger partial charge on any atom is -0.507 e. The second-order valence-corrected chi connectivity index (χ2v) is 10.9. The first-order valence-corrected chi connectivity index (χ1v) is 14.9. The summed E-state index contributed by atoms with van der Waals surface area (Å²) in [6, 6.07) is 12.9. The summed E-state index contributed by atoms with van der Waals surface area (Å²) in [5.41, 5.74) is 1.19. The lowest BCUT2D eigenvalue weighted by Crippen LogP contribution is -2.29. The Morgan fingerprint density at radius 2 is 1.67 bits per heavy atom. The van der Waals surface area contributed by atoms with Crippen molar-refractivity contribution in [2.45, 2.75) is 58.9 Å². The molecule has 9 nitrogen and oxygen atoms in total. The van der Waals surface area contributed by atoms with Crippen LogP contribution in [-0.2, 0) is 14.3 Å². The van der Waals surface area contributed by atoms with Crippen molar-refractivity contribution in [3.8, 4) is 11.5 Å². The number of ether oxygens (including phenoxy) is 3. The molecular formula is C32H36N2O7S. The first kappa shape index (κ1) is 30.8. The Labute approximate surface area is 249 Å². The SMILES string of the molecule is CCCCCOc1ccc(C2/C(=C(\O)c3cccc(OCCCC)c3)C(=O)C(=O)N2c2nc(C)c(C(=O)OC)s2)cc1. The number of nitrogens with zero attached hydrogens (tertiary/aromatic N) is 2. The van der Waals surface area contributed by atoms with E-state index in [0.29, 0.717) is 41.5 Å². The average Bonchev–Trinajstić information content (AvgIpc) is 3.51. The summed E-state index contributed by atoms with van der Waals surface area (Å²) >= 11 is 0.954. The van der Waals surface area contributed by atoms with E-state index in [2.05, 4.69) is 18.8 Å². The number of Topliss-reactive ketones (excluding diaryl/α,β-unsaturated/α-hetero) is 1. The van der Waals surface area contributed by atoms with Gasteiger partial charge in [0.25, 0.3) is 5.78 Å². The largest absolute Gasteiger partial charge is 0.507 e. The van der Waals surface area contributed by atoms with Gasteiger partial charge in [0.05, 0.1) is 37.6 Å². The second kappa shape index (κ2) is 14.1. The van der Waals surface area contributed by atoms with Gasteiger partial charge in [-0.25, -0.2) is 9.78 Å². The van der Waals surface area contributed by atoms with Crippen LogP contribution in [0.5, 0.6) is 11.5 Å². The van der Waals surface area contributed by atoms with E-state index < -0.39 is 23.7 Å². The number of methoxy groups -OCH3 is 1. The molecule has 0 spiro atoms. The van der Waals surface area contributed by atoms with Crippen LogP contribution in [0.3, 0.4) is 0 Å². The predicted octanol–water partition coefficient (Wildman–Crippen LogP) is 6.61. The normalized spacial score (nSPS) is 16.1. The molecule has 10 heteroatoms. The van der Waals surface area contributed by atoms with Gasteiger partial charge in [0.15, 0.2) is 5.13 Å². The number of carbonyl (C=O) groups is 3. The molecule has 1 aliphatic rings. The number of amides is 1. The van der Waals surface area contributed by atoms with Gasteiger partial charge in [-0.3, -0.25) is 14.5 Å². The lowest BCUT2D eigenvalue weighted by molar-refractivity contribution is -0.132. The van der Waals surface area contributed by atoms with Gasteiger partial charge >= 0.3 is 11.9 Å². The van der Waals surface area contributed by atoms with Crippen molar-refractivity contribution in [2.24, 2.45) is 0 Å². The third-order valence-corrected chi connectivity index (χ3v) is 8.03. The monoisotopic (exact) mass is 592 g/mol. The Morgan fingerprint density at radius 1 is 0.976 bits per heavy atom. The quantitative estimate of drug-likeness (QED) is 0.0775. The number of aromatic nitrogens is 1. The fourth-order valence-electron chi connectivity index (χ4n) is 4.62. The van der Waals surface area contributed by atoms with Crippen molar-refractivity contribution in [3.05, 3.63) is 75.8 Å². The second-order valence-electron chi connectivity index (χ2n) is 9.93. The highest BCUT2D eigenvalue weighted by Crippen LogP contribution is 2.44. The number of ketones is 1. The molecule has 1 aromatic heterocycles. The van der Waals surface area contributed by atoms with E-state index in [4.69, 9.17) is 14.2 Å². The van der Waals surface area contributed by atoms with E-state index in [1.807, 2.05) is 0 Å². The maximum atomic E-state index is 13.6. The molecule has 42 heavy (non-hydrogen) atoms. The molecule has 1 amide bonds. The van der Waals surface area contributed by atoms with Crippen molar-refractivity contribution in [3.63, 3.8) is 0 Å². The smallest absolute Gasteiger partial charge is 0.350 e. The zero-order valence-electron chi connectivity index (χ0n) is 24.3. The minimum absolute atomic E-state index is 0.0882. The van der Waals surface area contributed by atoms with Crippen molar-refractivity contribution in [1.82, 2.24) is 4.98 Å². The summed E-state index contributed by atoms with van der Waals surface area (Å²) in [5, 5.41) is 11.7. The Bertz CT molecular complexity index is 1460. The number of carbonyl (C=O) groups excluding carboxylic acids is 3. The van der Waals surface area contributed by atoms with Crippen LogP contribution in [-0.4, -0.2) is 48.1 Å². The predicted molar refractivity (Wildman–Crippen MR) is 161 cm³/mol. The highest BCUT2D eigenvalue weighted by Gasteiger charge is 2.48. The van der Waals surface area contributed by atoms with Crippen LogP contribution in [0.2, 0.25) is 0 Å². The lowest BCUT2D eigenvalue weighted by atomic mass is 9.95. The Kier molecular flexibility index (Phi) is 10.4. The van der Waals surface area contributed by atoms with E-state index in [-0.39, 0.29) is 21.3 Å². The molecule has 0 saturated carbocycles. The van der Waals surface area contributed by atoms with Gasteiger partial charge in [-0.1, -0.05) is 68.7 Å². The van der Waals surface area contributed by atoms with Crippen LogP contribution in [0.4, 0.5) is 5.13 Å². The van der Waals surface area contributed by atoms with E-state index >= 15 is 0 Å². The molecule has 1 N–H and O–H groups in total. The maximum absolute atomic E-state index is 13.6. The highest BCUT2D eigenvalue weighted by molar-refractivity contribution is 7.17. The molecule has 0 radical (unpaired) electrons. The third-order valence-electron chi connectivity index (χ3n) is 6.89. The molecule has 0 bridgehead atoms. The number of unbranched alkanes of at least 4 members (excludes halogenated alkanes) is 3. The van der Waals surface area contributed by atoms with E-state index in [1.54, 1.807) is 55.5 Å². The van der Waals surface area contributed by atoms with E-state index in [0.717, 1.165) is 43.4 Å². The fourth-order valence-corrected chi connectivity index (χ4v) is 5.64. The number of hydrogen-bond donors (Lipinski definition) is 1. The molecule has 1 fully saturated rings. The molecule has 2 heterocycles. The van der Waals surface area contributed by atoms with Crippen LogP contribution in [0.25, 0.3) is 5.76 Å². The summed E-state index contributed by atoms with van der Waals surface area (Å²) in [7, 11) is 1.26. The number of rotatable bonds is 13. The molecule has 2 aromatic carbocycles. The van der Waals surface area contributed by atoms with Crippen LogP contribution in [0, 0.1) is 6.92 Å². The van der Waals surface area contributed by atoms with E-state index in [9.17, 15) is 19.5 Å². The van der Waals surface area contributed by atoms with Gasteiger partial charge < -0.3 is 19.3 Å². The van der Waals surface area contributed by atoms with Gasteiger partial charge in [0.1, 0.15) is 22.1 Å². The molecule has 1 unspecified atom stereocenters. The van der Waals surface area contributed by atoms with Gasteiger partial charge in [0.2, 0.25) is 0 Å². The van der Waals surface area contributed by atoms with Crippen LogP contribution in [0.15, 0.2) is 54.1 Å². The minimum atomic E-state index is -1.00. The van der Waals surface area contributed by atoms with Crippen LogP contribution >= 0.6 is 11.3 Å². The number of aryl methyl sites for hydroxylation is 1. The lowest BCUT2D eigenvalue weighted by Gasteiger charge is -2.23. The first-order chi connectivity index (χ1) is 20.3. The summed E-state index contributed by atoms with van der Waals surface area (Å²) < 4.78 is 16.5. The van der Waals surface area contributed by atoms with E-state index in [1.165, 1.54) is 12.0 Å². The zero-order chi connectivity index (χ0) is 30.2. The van der Waals surface area contributed by atoms with Crippen LogP contribution < -0.4 is 14.4 Å². The summed E-state index contributed by atoms with van der Waals surface area (Å²) in [4.78, 5) is 45.3. The summed E-state index contributed by atoms with van der Waals surface area (Å²) in [6.45, 7) is 6.92. The number of aliphatic hydroxyl groups excluding tert-OH is 1. The molecule has 4 rings (SSSR count). The van der Waals surface area contributed by atoms with Crippen molar-refractivity contribution in [2.75, 3.05) is 25.2 Å². The number of esters is 1. The van der Waals surface area contributed by atoms with Gasteiger partial charge in [-0.2, -0.15) is 0 Å². The molecule has 1 atom stereocenters. The highest BCUT2D eigenvalue weighted by atomic mass is 32.1. The number of aliphatic hydroxyl groups is 1. The number of thiazole rings is 1. The molecular weight excluding hydrogens is 556 g/mol. The van der Waals surface area contributed by atoms with Crippen molar-refractivity contribution < 1.29 is 33.7 Å². The van der Waals surface area contributed by atoms with Gasteiger partial charge in [0, 0.05) is 5.56 Å². The first-order valence-electron chi connectivity index (χ1n) is 14.1. The fraction of sp³-hybridized carbons (Fsp3) is 0.375. The van der Waals surface area contributed by atoms with Crippen molar-refractivity contribution in [1.29, 1.82) is 0 Å². The summed E-state index contributed by atoms with van der Waals surface area (Å²) in [5.74, 6) is -1.44. The van der Waals surface area contributed by atoms with Gasteiger partial charge in [-0.15, -0.1) is 0 Å². The third kappa shape index (κ3) is 6.65. The molecule has 1 saturated heterocycles. The van der Waals surface area contributed by atoms with Gasteiger partial charge in [-0.05, 0) is 49.6 Å². The number of hydrogen-bond acceptors (Lipinski definition) is 9.